The molecule has 1 fully saturated rings. The number of hydrogen-bond donors (Lipinski definition) is 1. The molecule has 1 saturated heterocycles. The highest BCUT2D eigenvalue weighted by atomic mass is 79.9. The van der Waals surface area contributed by atoms with Gasteiger partial charge in [-0.2, -0.15) is 0 Å². The minimum Gasteiger partial charge on any atom is -0.378 e. The number of nitro benzene ring substituents is 1. The number of rotatable bonds is 4. The van der Waals surface area contributed by atoms with Crippen LogP contribution in [0.15, 0.2) is 46.9 Å². The van der Waals surface area contributed by atoms with E-state index in [1.165, 1.54) is 18.2 Å². The van der Waals surface area contributed by atoms with Crippen LogP contribution in [0.3, 0.4) is 0 Å². The molecule has 0 aromatic heterocycles. The molecular weight excluding hydrogens is 390 g/mol. The minimum absolute atomic E-state index is 0.0286. The maximum atomic E-state index is 12.4. The van der Waals surface area contributed by atoms with Gasteiger partial charge in [0, 0.05) is 29.3 Å². The summed E-state index contributed by atoms with van der Waals surface area (Å²) in [5.41, 5.74) is 1.39. The molecule has 0 atom stereocenters. The van der Waals surface area contributed by atoms with Crippen molar-refractivity contribution in [3.05, 3.63) is 62.6 Å². The maximum absolute atomic E-state index is 12.4. The first-order valence-corrected chi connectivity index (χ1v) is 8.52. The number of benzene rings is 2. The number of morpholine rings is 1. The van der Waals surface area contributed by atoms with Crippen LogP contribution in [-0.4, -0.2) is 37.1 Å². The third kappa shape index (κ3) is 3.97. The summed E-state index contributed by atoms with van der Waals surface area (Å²) in [6, 6.07) is 11.4. The quantitative estimate of drug-likeness (QED) is 0.621. The number of amides is 1. The Morgan fingerprint density at radius 3 is 2.60 bits per heavy atom. The number of anilines is 2. The van der Waals surface area contributed by atoms with Crippen LogP contribution >= 0.6 is 15.9 Å². The third-order valence-corrected chi connectivity index (χ3v) is 4.54. The van der Waals surface area contributed by atoms with Crippen molar-refractivity contribution in [2.45, 2.75) is 0 Å². The number of halogens is 1. The number of nitro groups is 1. The normalized spacial score (nSPS) is 14.2. The Balaban J connectivity index is 1.78. The molecule has 25 heavy (non-hydrogen) atoms. The predicted octanol–water partition coefficient (Wildman–Crippen LogP) is 3.45. The number of nitrogens with one attached hydrogen (secondary N) is 1. The molecule has 1 aliphatic heterocycles. The predicted molar refractivity (Wildman–Crippen MR) is 98.2 cm³/mol. The Labute approximate surface area is 152 Å². The van der Waals surface area contributed by atoms with Crippen molar-refractivity contribution in [1.82, 2.24) is 0 Å². The van der Waals surface area contributed by atoms with Crippen molar-refractivity contribution in [1.29, 1.82) is 0 Å². The van der Waals surface area contributed by atoms with E-state index in [1.54, 1.807) is 18.2 Å². The second-order valence-electron chi connectivity index (χ2n) is 5.49. The van der Waals surface area contributed by atoms with Crippen LogP contribution in [0.5, 0.6) is 0 Å². The van der Waals surface area contributed by atoms with E-state index >= 15 is 0 Å². The molecule has 0 saturated carbocycles. The third-order valence-electron chi connectivity index (χ3n) is 3.90. The van der Waals surface area contributed by atoms with Gasteiger partial charge >= 0.3 is 0 Å². The van der Waals surface area contributed by atoms with Gasteiger partial charge in [0.05, 0.1) is 23.8 Å². The van der Waals surface area contributed by atoms with E-state index in [9.17, 15) is 14.9 Å². The van der Waals surface area contributed by atoms with E-state index in [4.69, 9.17) is 4.74 Å². The van der Waals surface area contributed by atoms with Gasteiger partial charge < -0.3 is 15.0 Å². The minimum atomic E-state index is -0.563. The molecule has 0 aliphatic carbocycles. The molecule has 0 spiro atoms. The first-order valence-electron chi connectivity index (χ1n) is 7.73. The number of carbonyl (C=O) groups excluding carboxylic acids is 1. The summed E-state index contributed by atoms with van der Waals surface area (Å²) in [5, 5.41) is 13.8. The van der Waals surface area contributed by atoms with Crippen molar-refractivity contribution in [2.75, 3.05) is 36.5 Å². The number of nitrogens with zero attached hydrogens (tertiary/aromatic N) is 2. The molecule has 2 aromatic carbocycles. The molecule has 7 nitrogen and oxygen atoms in total. The highest BCUT2D eigenvalue weighted by molar-refractivity contribution is 9.10. The summed E-state index contributed by atoms with van der Waals surface area (Å²) in [7, 11) is 0. The zero-order valence-corrected chi connectivity index (χ0v) is 14.9. The monoisotopic (exact) mass is 405 g/mol. The second-order valence-corrected chi connectivity index (χ2v) is 6.35. The fourth-order valence-corrected chi connectivity index (χ4v) is 3.30. The topological polar surface area (TPSA) is 84.7 Å². The van der Waals surface area contributed by atoms with Crippen molar-refractivity contribution >= 4 is 38.9 Å². The summed E-state index contributed by atoms with van der Waals surface area (Å²) < 4.78 is 6.19. The lowest BCUT2D eigenvalue weighted by Crippen LogP contribution is -2.36. The summed E-state index contributed by atoms with van der Waals surface area (Å²) in [5.74, 6) is -0.515. The van der Waals surface area contributed by atoms with Gasteiger partial charge in [0.25, 0.3) is 11.6 Å². The number of ether oxygens (including phenoxy) is 1. The number of para-hydroxylation sites is 1. The molecule has 1 heterocycles. The van der Waals surface area contributed by atoms with Gasteiger partial charge in [-0.1, -0.05) is 12.1 Å². The van der Waals surface area contributed by atoms with Crippen molar-refractivity contribution in [3.8, 4) is 0 Å². The maximum Gasteiger partial charge on any atom is 0.282 e. The zero-order chi connectivity index (χ0) is 17.8. The van der Waals surface area contributed by atoms with Crippen LogP contribution in [0.4, 0.5) is 17.1 Å². The van der Waals surface area contributed by atoms with E-state index in [2.05, 4.69) is 26.1 Å². The van der Waals surface area contributed by atoms with E-state index in [1.807, 2.05) is 6.07 Å². The standard InChI is InChI=1S/C17H16BrN3O4/c18-14-11-12(5-6-16(14)20-7-9-25-10-8-20)19-17(22)13-3-1-2-4-15(13)21(23)24/h1-6,11H,7-10H2,(H,19,22). The van der Waals surface area contributed by atoms with Gasteiger partial charge in [-0.25, -0.2) is 0 Å². The van der Waals surface area contributed by atoms with Gasteiger partial charge in [-0.05, 0) is 40.2 Å². The smallest absolute Gasteiger partial charge is 0.282 e. The largest absolute Gasteiger partial charge is 0.378 e. The van der Waals surface area contributed by atoms with Crippen LogP contribution in [0.25, 0.3) is 0 Å². The van der Waals surface area contributed by atoms with Gasteiger partial charge in [-0.15, -0.1) is 0 Å². The first kappa shape index (κ1) is 17.4. The Hall–Kier alpha value is -2.45. The van der Waals surface area contributed by atoms with Gasteiger partial charge in [0.15, 0.2) is 0 Å². The lowest BCUT2D eigenvalue weighted by Gasteiger charge is -2.29. The van der Waals surface area contributed by atoms with Crippen LogP contribution < -0.4 is 10.2 Å². The SMILES string of the molecule is O=C(Nc1ccc(N2CCOCC2)c(Br)c1)c1ccccc1[N+](=O)[O-]. The fraction of sp³-hybridized carbons (Fsp3) is 0.235. The van der Waals surface area contributed by atoms with Crippen LogP contribution in [-0.2, 0) is 4.74 Å². The molecule has 3 rings (SSSR count). The Bertz CT molecular complexity index is 806. The van der Waals surface area contributed by atoms with Crippen molar-refractivity contribution < 1.29 is 14.5 Å². The second kappa shape index (κ2) is 7.62. The summed E-state index contributed by atoms with van der Waals surface area (Å²) in [6.07, 6.45) is 0. The van der Waals surface area contributed by atoms with E-state index < -0.39 is 10.8 Å². The zero-order valence-electron chi connectivity index (χ0n) is 13.3. The average molecular weight is 406 g/mol. The molecule has 8 heteroatoms. The van der Waals surface area contributed by atoms with Crippen LogP contribution in [0.1, 0.15) is 10.4 Å². The fourth-order valence-electron chi connectivity index (χ4n) is 2.67. The lowest BCUT2D eigenvalue weighted by atomic mass is 10.1. The van der Waals surface area contributed by atoms with Gasteiger partial charge in [0.1, 0.15) is 5.56 Å². The first-order chi connectivity index (χ1) is 12.1. The Morgan fingerprint density at radius 1 is 1.20 bits per heavy atom. The van der Waals surface area contributed by atoms with Crippen molar-refractivity contribution in [2.24, 2.45) is 0 Å². The summed E-state index contributed by atoms with van der Waals surface area (Å²) >= 11 is 3.52. The highest BCUT2D eigenvalue weighted by Gasteiger charge is 2.20. The number of hydrogen-bond acceptors (Lipinski definition) is 5. The molecule has 1 amide bonds. The molecular formula is C17H16BrN3O4. The summed E-state index contributed by atoms with van der Waals surface area (Å²) in [4.78, 5) is 25.1. The van der Waals surface area contributed by atoms with Crippen LogP contribution in [0.2, 0.25) is 0 Å². The van der Waals surface area contributed by atoms with Crippen molar-refractivity contribution in [3.63, 3.8) is 0 Å². The molecule has 0 unspecified atom stereocenters. The van der Waals surface area contributed by atoms with Gasteiger partial charge in [-0.3, -0.25) is 14.9 Å². The molecule has 1 aliphatic rings. The lowest BCUT2D eigenvalue weighted by molar-refractivity contribution is -0.385. The van der Waals surface area contributed by atoms with E-state index in [0.717, 1.165) is 23.2 Å². The average Bonchev–Trinajstić information content (AvgIpc) is 2.62. The number of carbonyl (C=O) groups is 1. The molecule has 130 valence electrons. The van der Waals surface area contributed by atoms with E-state index in [0.29, 0.717) is 18.9 Å². The molecule has 2 aromatic rings. The van der Waals surface area contributed by atoms with E-state index in [-0.39, 0.29) is 11.3 Å². The van der Waals surface area contributed by atoms with Crippen LogP contribution in [0, 0.1) is 10.1 Å². The molecule has 1 N–H and O–H groups in total. The Morgan fingerprint density at radius 2 is 1.92 bits per heavy atom. The molecule has 0 radical (unpaired) electrons. The molecule has 0 bridgehead atoms. The summed E-state index contributed by atoms with van der Waals surface area (Å²) in [6.45, 7) is 2.98. The Kier molecular flexibility index (Phi) is 5.30. The highest BCUT2D eigenvalue weighted by Crippen LogP contribution is 2.30. The van der Waals surface area contributed by atoms with Gasteiger partial charge in [0.2, 0.25) is 0 Å².